The Kier molecular flexibility index (Phi) is 16.5. The molecule has 0 saturated heterocycles. The zero-order valence-electron chi connectivity index (χ0n) is 9.90. The minimum atomic E-state index is -5.35. The first-order valence-corrected chi connectivity index (χ1v) is 12.1. The predicted octanol–water partition coefficient (Wildman–Crippen LogP) is 4.26. The van der Waals surface area contributed by atoms with Crippen molar-refractivity contribution in [3.63, 3.8) is 0 Å². The maximum Gasteiger partial charge on any atom is 0.616 e. The number of halogens is 6. The largest absolute Gasteiger partial charge is 0.616 e. The first kappa shape index (κ1) is 24.1. The Bertz CT molecular complexity index is 270. The molecule has 0 atom stereocenters. The molecule has 0 unspecified atom stereocenters. The molecule has 0 aliphatic rings. The van der Waals surface area contributed by atoms with Crippen LogP contribution in [0.2, 0.25) is 12.1 Å². The standard InChI is InChI=1S/C4H6Cl3NSi.C4H6F3NSi.H2O/c2*5-9(6,7)4-2-1-3-8;/h2*1-2,4H2;1H2. The maximum absolute atomic E-state index is 11.4. The SMILES string of the molecule is N#CCCC[Si](Cl)(Cl)Cl.N#CCCC[Si](F)(F)F.O. The van der Waals surface area contributed by atoms with E-state index in [4.69, 9.17) is 43.8 Å². The van der Waals surface area contributed by atoms with E-state index in [1.54, 1.807) is 6.07 Å². The van der Waals surface area contributed by atoms with Crippen LogP contribution in [0.3, 0.4) is 0 Å². The van der Waals surface area contributed by atoms with Gasteiger partial charge in [-0.1, -0.05) is 0 Å². The zero-order chi connectivity index (χ0) is 14.7. The highest BCUT2D eigenvalue weighted by Gasteiger charge is 2.35. The van der Waals surface area contributed by atoms with Gasteiger partial charge < -0.3 is 5.48 Å². The van der Waals surface area contributed by atoms with Gasteiger partial charge in [-0.15, -0.1) is 33.2 Å². The summed E-state index contributed by atoms with van der Waals surface area (Å²) in [6, 6.07) is 1.10. The summed E-state index contributed by atoms with van der Waals surface area (Å²) < 4.78 is 34.2. The van der Waals surface area contributed by atoms with Crippen molar-refractivity contribution in [2.24, 2.45) is 0 Å². The topological polar surface area (TPSA) is 79.1 Å². The highest BCUT2D eigenvalue weighted by atomic mass is 35.8. The van der Waals surface area contributed by atoms with E-state index in [-0.39, 0.29) is 18.3 Å². The molecule has 0 aliphatic heterocycles. The van der Waals surface area contributed by atoms with E-state index < -0.39 is 21.1 Å². The normalized spacial score (nSPS) is 10.3. The number of hydrogen-bond donors (Lipinski definition) is 0. The zero-order valence-corrected chi connectivity index (χ0v) is 14.2. The molecule has 0 radical (unpaired) electrons. The Hall–Kier alpha value is 0.0338. The Morgan fingerprint density at radius 2 is 1.21 bits per heavy atom. The Morgan fingerprint density at radius 3 is 1.47 bits per heavy atom. The summed E-state index contributed by atoms with van der Waals surface area (Å²) in [4.78, 5) is 0. The van der Waals surface area contributed by atoms with Crippen molar-refractivity contribution in [2.75, 3.05) is 0 Å². The Labute approximate surface area is 126 Å². The van der Waals surface area contributed by atoms with E-state index in [1.807, 2.05) is 6.07 Å². The molecule has 0 aromatic rings. The van der Waals surface area contributed by atoms with Crippen molar-refractivity contribution in [3.05, 3.63) is 0 Å². The van der Waals surface area contributed by atoms with Crippen LogP contribution in [0.1, 0.15) is 25.7 Å². The van der Waals surface area contributed by atoms with Crippen molar-refractivity contribution < 1.29 is 17.8 Å². The lowest BCUT2D eigenvalue weighted by Crippen LogP contribution is -2.13. The number of nitrogens with zero attached hydrogens (tertiary/aromatic N) is 2. The van der Waals surface area contributed by atoms with Crippen LogP contribution in [0.15, 0.2) is 0 Å². The average Bonchev–Trinajstić information content (AvgIpc) is 2.16. The fraction of sp³-hybridized carbons (Fsp3) is 0.750. The van der Waals surface area contributed by atoms with Gasteiger partial charge in [-0.25, -0.2) is 12.3 Å². The van der Waals surface area contributed by atoms with Crippen LogP contribution >= 0.6 is 33.2 Å². The van der Waals surface area contributed by atoms with Gasteiger partial charge in [-0.2, -0.15) is 10.5 Å². The molecule has 2 N–H and O–H groups in total. The minimum absolute atomic E-state index is 0. The molecule has 0 rings (SSSR count). The van der Waals surface area contributed by atoms with Crippen LogP contribution in [0.4, 0.5) is 12.3 Å². The maximum atomic E-state index is 11.4. The molecule has 0 saturated carbocycles. The second kappa shape index (κ2) is 13.0. The summed E-state index contributed by atoms with van der Waals surface area (Å²) in [7, 11) is -5.35. The molecule has 112 valence electrons. The molecule has 11 heteroatoms. The Morgan fingerprint density at radius 1 is 0.842 bits per heavy atom. The van der Waals surface area contributed by atoms with Crippen LogP contribution < -0.4 is 0 Å². The predicted molar refractivity (Wildman–Crippen MR) is 75.3 cm³/mol. The summed E-state index contributed by atoms with van der Waals surface area (Å²) in [5, 5.41) is 16.0. The lowest BCUT2D eigenvalue weighted by Gasteiger charge is -2.03. The molecule has 0 aliphatic carbocycles. The minimum Gasteiger partial charge on any atom is -0.412 e. The molecular weight excluding hydrogens is 360 g/mol. The number of rotatable bonds is 6. The lowest BCUT2D eigenvalue weighted by atomic mass is 10.4. The molecule has 0 aromatic carbocycles. The first-order valence-electron chi connectivity index (χ1n) is 5.00. The first-order chi connectivity index (χ1) is 8.12. The van der Waals surface area contributed by atoms with E-state index in [2.05, 4.69) is 0 Å². The van der Waals surface area contributed by atoms with Gasteiger partial charge in [-0.3, -0.25) is 0 Å². The van der Waals surface area contributed by atoms with Gasteiger partial charge in [0.2, 0.25) is 0 Å². The van der Waals surface area contributed by atoms with Crippen molar-refractivity contribution in [3.8, 4) is 12.1 Å². The van der Waals surface area contributed by atoms with Crippen molar-refractivity contribution in [2.45, 2.75) is 37.8 Å². The van der Waals surface area contributed by atoms with Crippen LogP contribution in [0, 0.1) is 22.7 Å². The second-order valence-corrected chi connectivity index (χ2v) is 14.3. The molecular formula is C8H14Cl3F3N2OSi2. The summed E-state index contributed by atoms with van der Waals surface area (Å²) in [5.41, 5.74) is 0. The third-order valence-corrected chi connectivity index (χ3v) is 5.04. The van der Waals surface area contributed by atoms with Crippen molar-refractivity contribution in [1.82, 2.24) is 0 Å². The molecule has 0 aromatic heterocycles. The third-order valence-electron chi connectivity index (χ3n) is 1.50. The van der Waals surface area contributed by atoms with Crippen LogP contribution in [-0.4, -0.2) is 20.6 Å². The monoisotopic (exact) mass is 372 g/mol. The average molecular weight is 374 g/mol. The highest BCUT2D eigenvalue weighted by Crippen LogP contribution is 2.26. The van der Waals surface area contributed by atoms with Crippen LogP contribution in [0.25, 0.3) is 0 Å². The van der Waals surface area contributed by atoms with Gasteiger partial charge in [0.25, 0.3) is 0 Å². The van der Waals surface area contributed by atoms with E-state index in [1.165, 1.54) is 0 Å². The third kappa shape index (κ3) is 32.0. The van der Waals surface area contributed by atoms with Crippen LogP contribution in [-0.2, 0) is 0 Å². The second-order valence-electron chi connectivity index (χ2n) is 3.25. The van der Waals surface area contributed by atoms with Crippen molar-refractivity contribution >= 4 is 48.3 Å². The Balaban J connectivity index is -0.000000256. The van der Waals surface area contributed by atoms with Gasteiger partial charge in [0.15, 0.2) is 0 Å². The van der Waals surface area contributed by atoms with Gasteiger partial charge in [-0.05, 0) is 18.9 Å². The highest BCUT2D eigenvalue weighted by molar-refractivity contribution is 7.64. The number of nitriles is 2. The van der Waals surface area contributed by atoms with E-state index in [0.29, 0.717) is 18.9 Å². The van der Waals surface area contributed by atoms with Crippen molar-refractivity contribution in [1.29, 1.82) is 10.5 Å². The van der Waals surface area contributed by atoms with Gasteiger partial charge in [0.1, 0.15) is 0 Å². The smallest absolute Gasteiger partial charge is 0.412 e. The quantitative estimate of drug-likeness (QED) is 0.396. The molecule has 3 nitrogen and oxygen atoms in total. The lowest BCUT2D eigenvalue weighted by molar-refractivity contribution is 0.464. The summed E-state index contributed by atoms with van der Waals surface area (Å²) in [6.45, 7) is 0. The van der Waals surface area contributed by atoms with Gasteiger partial charge in [0, 0.05) is 18.9 Å². The summed E-state index contributed by atoms with van der Waals surface area (Å²) >= 11 is 16.6. The molecule has 0 spiro atoms. The van der Waals surface area contributed by atoms with E-state index >= 15 is 0 Å². The van der Waals surface area contributed by atoms with E-state index in [9.17, 15) is 12.3 Å². The van der Waals surface area contributed by atoms with Gasteiger partial charge in [0.05, 0.1) is 12.1 Å². The fourth-order valence-corrected chi connectivity index (χ4v) is 3.09. The molecule has 0 heterocycles. The molecule has 19 heavy (non-hydrogen) atoms. The number of unbranched alkanes of at least 4 members (excludes halogenated alkanes) is 2. The van der Waals surface area contributed by atoms with Gasteiger partial charge >= 0.3 is 15.1 Å². The van der Waals surface area contributed by atoms with Crippen LogP contribution in [0.5, 0.6) is 0 Å². The number of hydrogen-bond acceptors (Lipinski definition) is 2. The summed E-state index contributed by atoms with van der Waals surface area (Å²) in [5.74, 6) is 0. The molecule has 0 bridgehead atoms. The molecule has 0 fully saturated rings. The fourth-order valence-electron chi connectivity index (χ4n) is 0.736. The molecule has 0 amide bonds. The van der Waals surface area contributed by atoms with E-state index in [0.717, 1.165) is 0 Å². The summed E-state index contributed by atoms with van der Waals surface area (Å²) in [6.07, 6.45) is 1.19.